The van der Waals surface area contributed by atoms with Crippen LogP contribution in [0.25, 0.3) is 10.7 Å². The van der Waals surface area contributed by atoms with Crippen molar-refractivity contribution in [3.8, 4) is 10.7 Å². The number of thioether (sulfide) groups is 1. The van der Waals surface area contributed by atoms with Gasteiger partial charge in [-0.2, -0.15) is 0 Å². The monoisotopic (exact) mass is 375 g/mol. The molecular weight excluding hydrogens is 350 g/mol. The SMILES string of the molecule is CC(=O)C(C)Sc1nnc(-c2cccs2)n1C(C)C1CC2CCC1C2. The van der Waals surface area contributed by atoms with Gasteiger partial charge in [0.1, 0.15) is 5.78 Å². The van der Waals surface area contributed by atoms with E-state index >= 15 is 0 Å². The normalized spacial score (nSPS) is 27.6. The maximum Gasteiger partial charge on any atom is 0.192 e. The van der Waals surface area contributed by atoms with Crippen LogP contribution in [0.5, 0.6) is 0 Å². The molecule has 4 nitrogen and oxygen atoms in total. The van der Waals surface area contributed by atoms with E-state index in [1.807, 2.05) is 6.92 Å². The van der Waals surface area contributed by atoms with E-state index < -0.39 is 0 Å². The average Bonchev–Trinajstić information content (AvgIpc) is 3.36. The van der Waals surface area contributed by atoms with Gasteiger partial charge >= 0.3 is 0 Å². The van der Waals surface area contributed by atoms with E-state index in [4.69, 9.17) is 0 Å². The number of carbonyl (C=O) groups is 1. The van der Waals surface area contributed by atoms with Crippen LogP contribution in [0.15, 0.2) is 22.7 Å². The average molecular weight is 376 g/mol. The minimum absolute atomic E-state index is 0.0913. The Morgan fingerprint density at radius 1 is 1.32 bits per heavy atom. The van der Waals surface area contributed by atoms with Crippen molar-refractivity contribution in [2.45, 2.75) is 62.9 Å². The van der Waals surface area contributed by atoms with Crippen molar-refractivity contribution >= 4 is 28.9 Å². The molecule has 0 saturated heterocycles. The molecule has 0 amide bonds. The lowest BCUT2D eigenvalue weighted by atomic mass is 9.84. The van der Waals surface area contributed by atoms with Gasteiger partial charge in [-0.05, 0) is 69.2 Å². The van der Waals surface area contributed by atoms with Gasteiger partial charge in [0.15, 0.2) is 11.0 Å². The topological polar surface area (TPSA) is 47.8 Å². The van der Waals surface area contributed by atoms with E-state index in [9.17, 15) is 4.79 Å². The lowest BCUT2D eigenvalue weighted by molar-refractivity contribution is -0.116. The van der Waals surface area contributed by atoms with Crippen molar-refractivity contribution < 1.29 is 4.79 Å². The highest BCUT2D eigenvalue weighted by Gasteiger charge is 2.43. The zero-order chi connectivity index (χ0) is 17.6. The summed E-state index contributed by atoms with van der Waals surface area (Å²) in [7, 11) is 0. The lowest BCUT2D eigenvalue weighted by Crippen LogP contribution is -2.23. The molecule has 2 aromatic rings. The van der Waals surface area contributed by atoms with Crippen LogP contribution >= 0.6 is 23.1 Å². The van der Waals surface area contributed by atoms with Gasteiger partial charge in [-0.1, -0.05) is 24.2 Å². The molecule has 0 radical (unpaired) electrons. The molecule has 0 aliphatic heterocycles. The minimum atomic E-state index is -0.0913. The molecule has 2 aromatic heterocycles. The third-order valence-corrected chi connectivity index (χ3v) is 8.12. The van der Waals surface area contributed by atoms with E-state index in [1.54, 1.807) is 30.0 Å². The third-order valence-electron chi connectivity index (χ3n) is 6.08. The predicted octanol–water partition coefficient (Wildman–Crippen LogP) is 5.07. The Morgan fingerprint density at radius 2 is 2.16 bits per heavy atom. The highest BCUT2D eigenvalue weighted by atomic mass is 32.2. The van der Waals surface area contributed by atoms with Crippen LogP contribution in [-0.4, -0.2) is 25.8 Å². The summed E-state index contributed by atoms with van der Waals surface area (Å²) >= 11 is 3.25. The maximum atomic E-state index is 11.7. The van der Waals surface area contributed by atoms with E-state index in [-0.39, 0.29) is 11.0 Å². The van der Waals surface area contributed by atoms with Gasteiger partial charge in [0, 0.05) is 6.04 Å². The fraction of sp³-hybridized carbons (Fsp3) is 0.632. The molecule has 0 spiro atoms. The van der Waals surface area contributed by atoms with Gasteiger partial charge in [0.2, 0.25) is 0 Å². The third kappa shape index (κ3) is 3.19. The molecule has 2 aliphatic rings. The van der Waals surface area contributed by atoms with Crippen LogP contribution in [0.1, 0.15) is 52.5 Å². The van der Waals surface area contributed by atoms with Crippen LogP contribution in [0.4, 0.5) is 0 Å². The first-order chi connectivity index (χ1) is 12.0. The molecule has 0 N–H and O–H groups in total. The van der Waals surface area contributed by atoms with Gasteiger partial charge in [0.25, 0.3) is 0 Å². The fourth-order valence-electron chi connectivity index (χ4n) is 4.62. The number of aromatic nitrogens is 3. The van der Waals surface area contributed by atoms with Crippen molar-refractivity contribution in [2.24, 2.45) is 17.8 Å². The minimum Gasteiger partial charge on any atom is -0.299 e. The number of hydrogen-bond donors (Lipinski definition) is 0. The standard InChI is InChI=1S/C19H25N3OS2/c1-11(16-10-14-6-7-15(16)9-14)22-18(17-5-4-8-24-17)20-21-19(22)25-13(3)12(2)23/h4-5,8,11,13-16H,6-7,9-10H2,1-3H3. The maximum absolute atomic E-state index is 11.7. The number of hydrogen-bond acceptors (Lipinski definition) is 5. The van der Waals surface area contributed by atoms with Gasteiger partial charge in [-0.25, -0.2) is 0 Å². The van der Waals surface area contributed by atoms with Crippen molar-refractivity contribution in [3.05, 3.63) is 17.5 Å². The van der Waals surface area contributed by atoms with Crippen molar-refractivity contribution in [1.29, 1.82) is 0 Å². The highest BCUT2D eigenvalue weighted by molar-refractivity contribution is 8.00. The number of fused-ring (bicyclic) bond motifs is 2. The van der Waals surface area contributed by atoms with Gasteiger partial charge in [-0.3, -0.25) is 9.36 Å². The second kappa shape index (κ2) is 6.88. The van der Waals surface area contributed by atoms with E-state index in [2.05, 4.69) is 39.2 Å². The number of thiophene rings is 1. The first kappa shape index (κ1) is 17.3. The Labute approximate surface area is 157 Å². The molecule has 4 rings (SSSR count). The van der Waals surface area contributed by atoms with Crippen LogP contribution < -0.4 is 0 Å². The summed E-state index contributed by atoms with van der Waals surface area (Å²) in [5.74, 6) is 3.63. The summed E-state index contributed by atoms with van der Waals surface area (Å²) in [6, 6.07) is 4.55. The lowest BCUT2D eigenvalue weighted by Gasteiger charge is -2.30. The number of carbonyl (C=O) groups excluding carboxylic acids is 1. The van der Waals surface area contributed by atoms with E-state index in [0.717, 1.165) is 27.7 Å². The summed E-state index contributed by atoms with van der Waals surface area (Å²) in [5.41, 5.74) is 0. The molecule has 2 bridgehead atoms. The van der Waals surface area contributed by atoms with Crippen molar-refractivity contribution in [3.63, 3.8) is 0 Å². The largest absolute Gasteiger partial charge is 0.299 e. The van der Waals surface area contributed by atoms with Crippen LogP contribution in [0.2, 0.25) is 0 Å². The van der Waals surface area contributed by atoms with E-state index in [0.29, 0.717) is 12.0 Å². The molecular formula is C19H25N3OS2. The van der Waals surface area contributed by atoms with Crippen molar-refractivity contribution in [1.82, 2.24) is 14.8 Å². The number of nitrogens with zero attached hydrogens (tertiary/aromatic N) is 3. The molecule has 2 saturated carbocycles. The summed E-state index contributed by atoms with van der Waals surface area (Å²) in [4.78, 5) is 12.9. The smallest absolute Gasteiger partial charge is 0.192 e. The van der Waals surface area contributed by atoms with Crippen molar-refractivity contribution in [2.75, 3.05) is 0 Å². The Kier molecular flexibility index (Phi) is 4.75. The Morgan fingerprint density at radius 3 is 2.76 bits per heavy atom. The van der Waals surface area contributed by atoms with Crippen LogP contribution in [-0.2, 0) is 4.79 Å². The Balaban J connectivity index is 1.69. The van der Waals surface area contributed by atoms with Gasteiger partial charge in [-0.15, -0.1) is 21.5 Å². The molecule has 5 atom stereocenters. The van der Waals surface area contributed by atoms with Crippen LogP contribution in [0, 0.1) is 17.8 Å². The number of Topliss-reactive ketones (excluding diaryl/α,β-unsaturated/α-hetero) is 1. The summed E-state index contributed by atoms with van der Waals surface area (Å²) in [6.07, 6.45) is 5.53. The summed E-state index contributed by atoms with van der Waals surface area (Å²) in [6.45, 7) is 5.94. The second-order valence-electron chi connectivity index (χ2n) is 7.60. The highest BCUT2D eigenvalue weighted by Crippen LogP contribution is 2.53. The molecule has 134 valence electrons. The van der Waals surface area contributed by atoms with E-state index in [1.165, 1.54) is 25.7 Å². The molecule has 6 heteroatoms. The molecule has 2 aliphatic carbocycles. The molecule has 2 heterocycles. The quantitative estimate of drug-likeness (QED) is 0.661. The summed E-state index contributed by atoms with van der Waals surface area (Å²) in [5, 5.41) is 11.9. The zero-order valence-corrected chi connectivity index (χ0v) is 16.6. The number of rotatable bonds is 6. The van der Waals surface area contributed by atoms with Gasteiger partial charge in [0.05, 0.1) is 10.1 Å². The van der Waals surface area contributed by atoms with Crippen LogP contribution in [0.3, 0.4) is 0 Å². The van der Waals surface area contributed by atoms with Gasteiger partial charge < -0.3 is 0 Å². The fourth-order valence-corrected chi connectivity index (χ4v) is 6.26. The summed E-state index contributed by atoms with van der Waals surface area (Å²) < 4.78 is 2.32. The molecule has 2 fully saturated rings. The Bertz CT molecular complexity index is 755. The Hall–Kier alpha value is -1.14. The molecule has 25 heavy (non-hydrogen) atoms. The first-order valence-corrected chi connectivity index (χ1v) is 11.0. The zero-order valence-electron chi connectivity index (χ0n) is 15.0. The predicted molar refractivity (Wildman–Crippen MR) is 103 cm³/mol. The number of ketones is 1. The first-order valence-electron chi connectivity index (χ1n) is 9.20. The second-order valence-corrected chi connectivity index (χ2v) is 9.86. The molecule has 5 unspecified atom stereocenters. The molecule has 0 aromatic carbocycles.